The Balaban J connectivity index is 2.31. The molecule has 0 saturated carbocycles. The van der Waals surface area contributed by atoms with Crippen LogP contribution >= 0.6 is 11.3 Å². The van der Waals surface area contributed by atoms with Gasteiger partial charge in [0, 0.05) is 6.04 Å². The van der Waals surface area contributed by atoms with Crippen LogP contribution in [0.4, 0.5) is 5.82 Å². The lowest BCUT2D eigenvalue weighted by Gasteiger charge is -2.18. The molecule has 0 aromatic carbocycles. The Morgan fingerprint density at radius 1 is 1.27 bits per heavy atom. The van der Waals surface area contributed by atoms with E-state index in [9.17, 15) is 0 Å². The number of anilines is 1. The largest absolute Gasteiger partial charge is 0.367 e. The van der Waals surface area contributed by atoms with E-state index in [1.165, 1.54) is 0 Å². The first-order valence-corrected chi connectivity index (χ1v) is 6.01. The topological polar surface area (TPSA) is 37.8 Å². The summed E-state index contributed by atoms with van der Waals surface area (Å²) in [5.41, 5.74) is 0. The predicted octanol–water partition coefficient (Wildman–Crippen LogP) is 3.15. The first kappa shape index (κ1) is 10.4. The Bertz CT molecular complexity index is 450. The number of hydrogen-bond acceptors (Lipinski definition) is 4. The summed E-state index contributed by atoms with van der Waals surface area (Å²) in [5, 5.41) is 6.59. The van der Waals surface area contributed by atoms with Gasteiger partial charge < -0.3 is 5.32 Å². The quantitative estimate of drug-likeness (QED) is 0.865. The summed E-state index contributed by atoms with van der Waals surface area (Å²) in [4.78, 5) is 9.55. The fraction of sp³-hybridized carbons (Fsp3) is 0.455. The first-order chi connectivity index (χ1) is 7.18. The monoisotopic (exact) mass is 221 g/mol. The van der Waals surface area contributed by atoms with Crippen LogP contribution in [-0.2, 0) is 0 Å². The van der Waals surface area contributed by atoms with E-state index < -0.39 is 0 Å². The van der Waals surface area contributed by atoms with Crippen LogP contribution in [0.5, 0.6) is 0 Å². The smallest absolute Gasteiger partial charge is 0.138 e. The van der Waals surface area contributed by atoms with Gasteiger partial charge in [-0.3, -0.25) is 0 Å². The lowest BCUT2D eigenvalue weighted by atomic mass is 10.1. The van der Waals surface area contributed by atoms with Gasteiger partial charge in [-0.05, 0) is 24.3 Å². The van der Waals surface area contributed by atoms with Gasteiger partial charge in [0.1, 0.15) is 17.0 Å². The molecular weight excluding hydrogens is 206 g/mol. The molecule has 15 heavy (non-hydrogen) atoms. The van der Waals surface area contributed by atoms with Gasteiger partial charge in [0.15, 0.2) is 0 Å². The molecule has 0 radical (unpaired) electrons. The highest BCUT2D eigenvalue weighted by Gasteiger charge is 2.10. The van der Waals surface area contributed by atoms with Crippen LogP contribution in [-0.4, -0.2) is 16.0 Å². The van der Waals surface area contributed by atoms with Crippen molar-refractivity contribution in [1.29, 1.82) is 0 Å². The number of thiophene rings is 1. The Labute approximate surface area is 93.6 Å². The van der Waals surface area contributed by atoms with Crippen molar-refractivity contribution in [2.45, 2.75) is 26.8 Å². The second-order valence-electron chi connectivity index (χ2n) is 4.04. The van der Waals surface area contributed by atoms with Crippen LogP contribution in [0.15, 0.2) is 17.8 Å². The molecular formula is C11H15N3S. The van der Waals surface area contributed by atoms with Gasteiger partial charge in [0.2, 0.25) is 0 Å². The van der Waals surface area contributed by atoms with Crippen molar-refractivity contribution in [1.82, 2.24) is 9.97 Å². The fourth-order valence-corrected chi connectivity index (χ4v) is 2.02. The molecule has 1 N–H and O–H groups in total. The molecule has 3 nitrogen and oxygen atoms in total. The zero-order valence-electron chi connectivity index (χ0n) is 9.19. The third-order valence-electron chi connectivity index (χ3n) is 2.63. The van der Waals surface area contributed by atoms with E-state index in [1.54, 1.807) is 17.7 Å². The van der Waals surface area contributed by atoms with Crippen LogP contribution in [0.25, 0.3) is 10.2 Å². The average molecular weight is 221 g/mol. The van der Waals surface area contributed by atoms with Gasteiger partial charge in [-0.15, -0.1) is 11.3 Å². The summed E-state index contributed by atoms with van der Waals surface area (Å²) in [5.74, 6) is 1.54. The molecule has 2 heterocycles. The Morgan fingerprint density at radius 2 is 2.07 bits per heavy atom. The van der Waals surface area contributed by atoms with E-state index in [-0.39, 0.29) is 0 Å². The number of fused-ring (bicyclic) bond motifs is 1. The van der Waals surface area contributed by atoms with E-state index in [2.05, 4.69) is 42.1 Å². The molecule has 0 saturated heterocycles. The lowest BCUT2D eigenvalue weighted by molar-refractivity contribution is 0.559. The molecule has 1 atom stereocenters. The van der Waals surface area contributed by atoms with Crippen LogP contribution in [0.2, 0.25) is 0 Å². The third kappa shape index (κ3) is 2.09. The summed E-state index contributed by atoms with van der Waals surface area (Å²) in [6.45, 7) is 6.57. The Morgan fingerprint density at radius 3 is 2.80 bits per heavy atom. The van der Waals surface area contributed by atoms with Gasteiger partial charge in [0.05, 0.1) is 5.39 Å². The summed E-state index contributed by atoms with van der Waals surface area (Å²) in [6, 6.07) is 2.48. The zero-order valence-corrected chi connectivity index (χ0v) is 10.0. The highest BCUT2D eigenvalue weighted by molar-refractivity contribution is 7.16. The summed E-state index contributed by atoms with van der Waals surface area (Å²) < 4.78 is 0. The molecule has 0 fully saturated rings. The molecule has 0 bridgehead atoms. The molecule has 0 spiro atoms. The van der Waals surface area contributed by atoms with Crippen molar-refractivity contribution in [2.24, 2.45) is 5.92 Å². The summed E-state index contributed by atoms with van der Waals surface area (Å²) >= 11 is 1.65. The maximum absolute atomic E-state index is 4.29. The minimum absolute atomic E-state index is 0.419. The molecule has 80 valence electrons. The highest BCUT2D eigenvalue weighted by Crippen LogP contribution is 2.24. The SMILES string of the molecule is CC(C)C(C)Nc1ncnc2sccc12. The van der Waals surface area contributed by atoms with Crippen molar-refractivity contribution in [3.8, 4) is 0 Å². The number of hydrogen-bond donors (Lipinski definition) is 1. The molecule has 1 unspecified atom stereocenters. The molecule has 0 aliphatic heterocycles. The molecule has 2 aromatic rings. The van der Waals surface area contributed by atoms with E-state index in [4.69, 9.17) is 0 Å². The fourth-order valence-electron chi connectivity index (χ4n) is 1.29. The van der Waals surface area contributed by atoms with Crippen LogP contribution in [0.1, 0.15) is 20.8 Å². The van der Waals surface area contributed by atoms with Crippen molar-refractivity contribution in [2.75, 3.05) is 5.32 Å². The van der Waals surface area contributed by atoms with E-state index in [0.29, 0.717) is 12.0 Å². The predicted molar refractivity (Wildman–Crippen MR) is 65.3 cm³/mol. The third-order valence-corrected chi connectivity index (χ3v) is 3.45. The van der Waals surface area contributed by atoms with Gasteiger partial charge >= 0.3 is 0 Å². The summed E-state index contributed by atoms with van der Waals surface area (Å²) in [7, 11) is 0. The van der Waals surface area contributed by atoms with Crippen molar-refractivity contribution in [3.63, 3.8) is 0 Å². The maximum Gasteiger partial charge on any atom is 0.138 e. The summed E-state index contributed by atoms with van der Waals surface area (Å²) in [6.07, 6.45) is 1.62. The molecule has 2 rings (SSSR count). The molecule has 2 aromatic heterocycles. The minimum atomic E-state index is 0.419. The standard InChI is InChI=1S/C11H15N3S/c1-7(2)8(3)14-10-9-4-5-15-11(9)13-6-12-10/h4-8H,1-3H3,(H,12,13,14). The molecule has 0 aliphatic carbocycles. The van der Waals surface area contributed by atoms with Crippen LogP contribution in [0, 0.1) is 5.92 Å². The number of nitrogens with zero attached hydrogens (tertiary/aromatic N) is 2. The zero-order chi connectivity index (χ0) is 10.8. The van der Waals surface area contributed by atoms with E-state index in [0.717, 1.165) is 16.0 Å². The van der Waals surface area contributed by atoms with E-state index >= 15 is 0 Å². The number of aromatic nitrogens is 2. The second kappa shape index (κ2) is 4.14. The number of rotatable bonds is 3. The van der Waals surface area contributed by atoms with Crippen LogP contribution in [0.3, 0.4) is 0 Å². The second-order valence-corrected chi connectivity index (χ2v) is 4.93. The van der Waals surface area contributed by atoms with Crippen molar-refractivity contribution in [3.05, 3.63) is 17.8 Å². The van der Waals surface area contributed by atoms with Gasteiger partial charge in [-0.25, -0.2) is 9.97 Å². The van der Waals surface area contributed by atoms with Crippen molar-refractivity contribution >= 4 is 27.4 Å². The molecule has 4 heteroatoms. The van der Waals surface area contributed by atoms with E-state index in [1.807, 2.05) is 5.38 Å². The Kier molecular flexibility index (Phi) is 2.86. The highest BCUT2D eigenvalue weighted by atomic mass is 32.1. The lowest BCUT2D eigenvalue weighted by Crippen LogP contribution is -2.22. The van der Waals surface area contributed by atoms with Crippen molar-refractivity contribution < 1.29 is 0 Å². The Hall–Kier alpha value is -1.16. The number of nitrogens with one attached hydrogen (secondary N) is 1. The van der Waals surface area contributed by atoms with Crippen LogP contribution < -0.4 is 5.32 Å². The maximum atomic E-state index is 4.29. The molecule has 0 amide bonds. The van der Waals surface area contributed by atoms with Gasteiger partial charge in [-0.2, -0.15) is 0 Å². The average Bonchev–Trinajstić information content (AvgIpc) is 2.66. The first-order valence-electron chi connectivity index (χ1n) is 5.13. The van der Waals surface area contributed by atoms with Gasteiger partial charge in [0.25, 0.3) is 0 Å². The minimum Gasteiger partial charge on any atom is -0.367 e. The van der Waals surface area contributed by atoms with Gasteiger partial charge in [-0.1, -0.05) is 13.8 Å². The normalized spacial score (nSPS) is 13.3. The molecule has 0 aliphatic rings.